The lowest BCUT2D eigenvalue weighted by molar-refractivity contribution is -0.286. The van der Waals surface area contributed by atoms with Crippen molar-refractivity contribution in [1.82, 2.24) is 4.57 Å². The fourth-order valence-corrected chi connectivity index (χ4v) is 5.50. The van der Waals surface area contributed by atoms with Gasteiger partial charge in [-0.3, -0.25) is 4.79 Å². The standard InChI is InChI=1S/C28H30F2N2O4/c1-26(2,3)24-15-17-14-19(5-6-21(17)32(24)20-8-12-34-13-9-20)31-25(33)27(10-11-27)18-4-7-22-23(16-18)36-28(29,30)35-22/h4-7,14-16,20H,8-13H2,1-3H3,(H,31,33). The Balaban J connectivity index is 1.28. The van der Waals surface area contributed by atoms with Crippen LogP contribution in [0.5, 0.6) is 11.5 Å². The van der Waals surface area contributed by atoms with E-state index in [2.05, 4.69) is 52.3 Å². The Morgan fingerprint density at radius 3 is 2.42 bits per heavy atom. The number of nitrogens with zero attached hydrogens (tertiary/aromatic N) is 1. The largest absolute Gasteiger partial charge is 0.586 e. The molecule has 2 fully saturated rings. The molecule has 0 bridgehead atoms. The number of hydrogen-bond acceptors (Lipinski definition) is 4. The molecule has 1 saturated heterocycles. The number of halogens is 2. The zero-order chi connectivity index (χ0) is 25.3. The Hall–Kier alpha value is -3.13. The van der Waals surface area contributed by atoms with Crippen LogP contribution < -0.4 is 14.8 Å². The van der Waals surface area contributed by atoms with Crippen molar-refractivity contribution in [2.45, 2.75) is 69.6 Å². The highest BCUT2D eigenvalue weighted by molar-refractivity contribution is 6.02. The molecule has 3 aliphatic rings. The molecule has 1 amide bonds. The van der Waals surface area contributed by atoms with Gasteiger partial charge in [0.2, 0.25) is 5.91 Å². The summed E-state index contributed by atoms with van der Waals surface area (Å²) < 4.78 is 44.0. The molecule has 1 aliphatic carbocycles. The maximum Gasteiger partial charge on any atom is 0.586 e. The van der Waals surface area contributed by atoms with Crippen LogP contribution >= 0.6 is 0 Å². The molecule has 0 atom stereocenters. The lowest BCUT2D eigenvalue weighted by atomic mass is 9.91. The highest BCUT2D eigenvalue weighted by Gasteiger charge is 2.52. The maximum absolute atomic E-state index is 13.4. The van der Waals surface area contributed by atoms with Crippen LogP contribution in [0.15, 0.2) is 42.5 Å². The summed E-state index contributed by atoms with van der Waals surface area (Å²) in [5.74, 6) is -0.205. The number of anilines is 1. The van der Waals surface area contributed by atoms with Crippen molar-refractivity contribution < 1.29 is 27.8 Å². The lowest BCUT2D eigenvalue weighted by Gasteiger charge is -2.30. The fourth-order valence-electron chi connectivity index (χ4n) is 5.50. The van der Waals surface area contributed by atoms with E-state index in [0.717, 1.165) is 42.6 Å². The molecular weight excluding hydrogens is 466 g/mol. The Bertz CT molecular complexity index is 1350. The third kappa shape index (κ3) is 3.92. The number of aromatic nitrogens is 1. The summed E-state index contributed by atoms with van der Waals surface area (Å²) in [7, 11) is 0. The van der Waals surface area contributed by atoms with Gasteiger partial charge in [-0.15, -0.1) is 8.78 Å². The fraction of sp³-hybridized carbons (Fsp3) is 0.464. The van der Waals surface area contributed by atoms with Gasteiger partial charge in [0.05, 0.1) is 5.41 Å². The first-order chi connectivity index (χ1) is 17.1. The highest BCUT2D eigenvalue weighted by Crippen LogP contribution is 2.52. The smallest absolute Gasteiger partial charge is 0.395 e. The summed E-state index contributed by atoms with van der Waals surface area (Å²) in [5, 5.41) is 4.16. The van der Waals surface area contributed by atoms with E-state index in [-0.39, 0.29) is 22.8 Å². The number of alkyl halides is 2. The predicted octanol–water partition coefficient (Wildman–Crippen LogP) is 6.28. The number of carbonyl (C=O) groups excluding carboxylic acids is 1. The number of hydrogen-bond donors (Lipinski definition) is 1. The quantitative estimate of drug-likeness (QED) is 0.462. The molecule has 36 heavy (non-hydrogen) atoms. The molecule has 6 rings (SSSR count). The number of nitrogens with one attached hydrogen (secondary N) is 1. The number of ether oxygens (including phenoxy) is 3. The van der Waals surface area contributed by atoms with Crippen LogP contribution in [0.4, 0.5) is 14.5 Å². The molecule has 190 valence electrons. The average molecular weight is 497 g/mol. The number of benzene rings is 2. The Morgan fingerprint density at radius 2 is 1.72 bits per heavy atom. The van der Waals surface area contributed by atoms with Gasteiger partial charge in [-0.1, -0.05) is 26.8 Å². The maximum atomic E-state index is 13.4. The second-order valence-corrected chi connectivity index (χ2v) is 11.1. The van der Waals surface area contributed by atoms with Gasteiger partial charge in [0.25, 0.3) is 0 Å². The van der Waals surface area contributed by atoms with Crippen LogP contribution in [-0.4, -0.2) is 30.0 Å². The van der Waals surface area contributed by atoms with Gasteiger partial charge in [-0.05, 0) is 67.6 Å². The van der Waals surface area contributed by atoms with Crippen LogP contribution in [-0.2, 0) is 20.4 Å². The highest BCUT2D eigenvalue weighted by atomic mass is 19.3. The molecule has 0 radical (unpaired) electrons. The van der Waals surface area contributed by atoms with Crippen LogP contribution in [0.1, 0.15) is 63.8 Å². The van der Waals surface area contributed by atoms with Crippen molar-refractivity contribution in [3.05, 3.63) is 53.7 Å². The summed E-state index contributed by atoms with van der Waals surface area (Å²) in [6.07, 6.45) is -0.427. The first-order valence-electron chi connectivity index (χ1n) is 12.5. The second kappa shape index (κ2) is 7.93. The van der Waals surface area contributed by atoms with Gasteiger partial charge in [-0.25, -0.2) is 0 Å². The van der Waals surface area contributed by atoms with E-state index in [1.807, 2.05) is 12.1 Å². The molecule has 3 aromatic rings. The molecule has 8 heteroatoms. The van der Waals surface area contributed by atoms with E-state index in [4.69, 9.17) is 4.74 Å². The van der Waals surface area contributed by atoms with E-state index in [1.165, 1.54) is 17.8 Å². The summed E-state index contributed by atoms with van der Waals surface area (Å²) in [6, 6.07) is 13.3. The first kappa shape index (κ1) is 23.3. The lowest BCUT2D eigenvalue weighted by Crippen LogP contribution is -2.28. The molecule has 1 saturated carbocycles. The van der Waals surface area contributed by atoms with Crippen LogP contribution in [0.3, 0.4) is 0 Å². The monoisotopic (exact) mass is 496 g/mol. The third-order valence-electron chi connectivity index (χ3n) is 7.56. The van der Waals surface area contributed by atoms with Crippen molar-refractivity contribution in [2.24, 2.45) is 0 Å². The first-order valence-corrected chi connectivity index (χ1v) is 12.5. The average Bonchev–Trinajstić information content (AvgIpc) is 3.45. The number of rotatable bonds is 4. The Morgan fingerprint density at radius 1 is 1.00 bits per heavy atom. The number of amides is 1. The molecule has 1 aromatic heterocycles. The molecule has 2 aromatic carbocycles. The SMILES string of the molecule is CC(C)(C)c1cc2cc(NC(=O)C3(c4ccc5c(c4)OC(F)(F)O5)CC3)ccc2n1C1CCOCC1. The van der Waals surface area contributed by atoms with Crippen molar-refractivity contribution in [1.29, 1.82) is 0 Å². The molecule has 0 spiro atoms. The number of fused-ring (bicyclic) bond motifs is 2. The molecule has 0 unspecified atom stereocenters. The molecule has 1 N–H and O–H groups in total. The van der Waals surface area contributed by atoms with Gasteiger partial charge in [-0.2, -0.15) is 0 Å². The van der Waals surface area contributed by atoms with E-state index in [1.54, 1.807) is 6.07 Å². The van der Waals surface area contributed by atoms with E-state index < -0.39 is 11.7 Å². The summed E-state index contributed by atoms with van der Waals surface area (Å²) in [5.41, 5.74) is 3.01. The predicted molar refractivity (Wildman–Crippen MR) is 132 cm³/mol. The summed E-state index contributed by atoms with van der Waals surface area (Å²) in [6.45, 7) is 8.19. The van der Waals surface area contributed by atoms with Crippen LogP contribution in [0.25, 0.3) is 10.9 Å². The minimum absolute atomic E-state index is 0.0193. The zero-order valence-corrected chi connectivity index (χ0v) is 20.7. The third-order valence-corrected chi connectivity index (χ3v) is 7.56. The zero-order valence-electron chi connectivity index (χ0n) is 20.7. The molecule has 3 heterocycles. The second-order valence-electron chi connectivity index (χ2n) is 11.1. The van der Waals surface area contributed by atoms with Gasteiger partial charge in [0.15, 0.2) is 11.5 Å². The number of carbonyl (C=O) groups is 1. The van der Waals surface area contributed by atoms with Crippen LogP contribution in [0, 0.1) is 0 Å². The molecular formula is C28H30F2N2O4. The Labute approximate surface area is 208 Å². The van der Waals surface area contributed by atoms with Crippen molar-refractivity contribution in [3.63, 3.8) is 0 Å². The summed E-state index contributed by atoms with van der Waals surface area (Å²) >= 11 is 0. The van der Waals surface area contributed by atoms with E-state index >= 15 is 0 Å². The minimum atomic E-state index is -3.68. The van der Waals surface area contributed by atoms with Crippen molar-refractivity contribution in [3.8, 4) is 11.5 Å². The van der Waals surface area contributed by atoms with Crippen molar-refractivity contribution >= 4 is 22.5 Å². The van der Waals surface area contributed by atoms with Gasteiger partial charge >= 0.3 is 6.29 Å². The van der Waals surface area contributed by atoms with Gasteiger partial charge in [0.1, 0.15) is 0 Å². The van der Waals surface area contributed by atoms with E-state index in [0.29, 0.717) is 24.4 Å². The molecule has 6 nitrogen and oxygen atoms in total. The van der Waals surface area contributed by atoms with Crippen molar-refractivity contribution in [2.75, 3.05) is 18.5 Å². The normalized spacial score (nSPS) is 20.5. The topological polar surface area (TPSA) is 61.7 Å². The van der Waals surface area contributed by atoms with Gasteiger partial charge < -0.3 is 24.1 Å². The van der Waals surface area contributed by atoms with Gasteiger partial charge in [0, 0.05) is 47.0 Å². The van der Waals surface area contributed by atoms with E-state index in [9.17, 15) is 13.6 Å². The Kier molecular flexibility index (Phi) is 5.13. The minimum Gasteiger partial charge on any atom is -0.395 e. The van der Waals surface area contributed by atoms with Crippen LogP contribution in [0.2, 0.25) is 0 Å². The summed E-state index contributed by atoms with van der Waals surface area (Å²) in [4.78, 5) is 13.4. The molecule has 2 aliphatic heterocycles.